The average Bonchev–Trinajstić information content (AvgIpc) is 2.44. The van der Waals surface area contributed by atoms with Gasteiger partial charge in [-0.05, 0) is 45.4 Å². The Morgan fingerprint density at radius 1 is 0.957 bits per heavy atom. The highest BCUT2D eigenvalue weighted by atomic mass is 19.1. The molecule has 5 nitrogen and oxygen atoms in total. The van der Waals surface area contributed by atoms with Gasteiger partial charge < -0.3 is 9.47 Å². The predicted molar refractivity (Wildman–Crippen MR) is 81.2 cm³/mol. The van der Waals surface area contributed by atoms with Crippen LogP contribution in [0, 0.1) is 5.82 Å². The summed E-state index contributed by atoms with van der Waals surface area (Å²) in [7, 11) is 0. The lowest BCUT2D eigenvalue weighted by Gasteiger charge is -2.17. The summed E-state index contributed by atoms with van der Waals surface area (Å²) in [4.78, 5) is 35.8. The molecule has 0 N–H and O–H groups in total. The molecule has 0 aromatic heterocycles. The summed E-state index contributed by atoms with van der Waals surface area (Å²) < 4.78 is 23.0. The third-order valence-corrected chi connectivity index (χ3v) is 2.87. The van der Waals surface area contributed by atoms with E-state index in [1.54, 1.807) is 27.7 Å². The minimum atomic E-state index is -0.996. The van der Waals surface area contributed by atoms with Crippen molar-refractivity contribution in [2.24, 2.45) is 0 Å². The van der Waals surface area contributed by atoms with E-state index in [1.165, 1.54) is 24.3 Å². The van der Waals surface area contributed by atoms with Gasteiger partial charge in [-0.2, -0.15) is 0 Å². The topological polar surface area (TPSA) is 69.7 Å². The standard InChI is InChI=1S/C17H21FO5/c1-10(2)22-16(20)14(12-5-7-13(18)8-6-12)9-15(19)17(21)23-11(3)4/h5-8,10-11,14H,9H2,1-4H3. The maximum Gasteiger partial charge on any atom is 0.374 e. The van der Waals surface area contributed by atoms with Gasteiger partial charge in [-0.1, -0.05) is 12.1 Å². The smallest absolute Gasteiger partial charge is 0.374 e. The van der Waals surface area contributed by atoms with Crippen molar-refractivity contribution in [3.8, 4) is 0 Å². The SMILES string of the molecule is CC(C)OC(=O)C(=O)CC(C(=O)OC(C)C)c1ccc(F)cc1. The number of hydrogen-bond acceptors (Lipinski definition) is 5. The number of benzene rings is 1. The fourth-order valence-electron chi connectivity index (χ4n) is 1.90. The number of carbonyl (C=O) groups is 3. The molecule has 1 aromatic carbocycles. The molecule has 0 amide bonds. The Hall–Kier alpha value is -2.24. The van der Waals surface area contributed by atoms with Gasteiger partial charge in [0.25, 0.3) is 0 Å². The van der Waals surface area contributed by atoms with Gasteiger partial charge >= 0.3 is 11.9 Å². The molecule has 1 unspecified atom stereocenters. The quantitative estimate of drug-likeness (QED) is 0.570. The van der Waals surface area contributed by atoms with E-state index >= 15 is 0 Å². The molecule has 6 heteroatoms. The van der Waals surface area contributed by atoms with Gasteiger partial charge in [-0.3, -0.25) is 9.59 Å². The lowest BCUT2D eigenvalue weighted by atomic mass is 9.93. The van der Waals surface area contributed by atoms with Crippen molar-refractivity contribution in [3.05, 3.63) is 35.6 Å². The van der Waals surface area contributed by atoms with Crippen LogP contribution in [0.25, 0.3) is 0 Å². The molecule has 0 fully saturated rings. The van der Waals surface area contributed by atoms with E-state index in [2.05, 4.69) is 0 Å². The molecule has 0 saturated heterocycles. The molecule has 1 rings (SSSR count). The second-order valence-corrected chi connectivity index (χ2v) is 5.67. The van der Waals surface area contributed by atoms with Crippen molar-refractivity contribution in [1.29, 1.82) is 0 Å². The number of rotatable bonds is 7. The number of ether oxygens (including phenoxy) is 2. The first kappa shape index (κ1) is 18.8. The maximum absolute atomic E-state index is 13.0. The largest absolute Gasteiger partial charge is 0.462 e. The summed E-state index contributed by atoms with van der Waals surface area (Å²) in [6, 6.07) is 5.15. The van der Waals surface area contributed by atoms with E-state index < -0.39 is 35.6 Å². The molecule has 0 aliphatic rings. The lowest BCUT2D eigenvalue weighted by Crippen LogP contribution is -2.27. The van der Waals surface area contributed by atoms with E-state index in [-0.39, 0.29) is 12.5 Å². The summed E-state index contributed by atoms with van der Waals surface area (Å²) >= 11 is 0. The molecular weight excluding hydrogens is 303 g/mol. The third-order valence-electron chi connectivity index (χ3n) is 2.87. The van der Waals surface area contributed by atoms with Gasteiger partial charge in [0.05, 0.1) is 18.1 Å². The summed E-state index contributed by atoms with van der Waals surface area (Å²) in [5.41, 5.74) is 0.405. The minimum absolute atomic E-state index is 0.372. The normalized spacial score (nSPS) is 12.1. The number of Topliss-reactive ketones (excluding diaryl/α,β-unsaturated/α-hetero) is 1. The van der Waals surface area contributed by atoms with Gasteiger partial charge in [0.15, 0.2) is 0 Å². The Morgan fingerprint density at radius 2 is 1.48 bits per heavy atom. The fourth-order valence-corrected chi connectivity index (χ4v) is 1.90. The van der Waals surface area contributed by atoms with Gasteiger partial charge in [-0.15, -0.1) is 0 Å². The van der Waals surface area contributed by atoms with E-state index in [0.717, 1.165) is 0 Å². The van der Waals surface area contributed by atoms with Crippen LogP contribution in [-0.4, -0.2) is 29.9 Å². The summed E-state index contributed by atoms with van der Waals surface area (Å²) in [6.45, 7) is 6.59. The van der Waals surface area contributed by atoms with Crippen molar-refractivity contribution in [2.75, 3.05) is 0 Å². The van der Waals surface area contributed by atoms with Gasteiger partial charge in [0, 0.05) is 6.42 Å². The highest BCUT2D eigenvalue weighted by molar-refractivity contribution is 6.34. The van der Waals surface area contributed by atoms with Crippen LogP contribution in [0.2, 0.25) is 0 Å². The molecule has 1 aromatic rings. The van der Waals surface area contributed by atoms with E-state index in [0.29, 0.717) is 5.56 Å². The predicted octanol–water partition coefficient (Wildman–Crippen LogP) is 2.77. The molecular formula is C17H21FO5. The number of halogens is 1. The van der Waals surface area contributed by atoms with Gasteiger partial charge in [0.1, 0.15) is 5.82 Å². The summed E-state index contributed by atoms with van der Waals surface area (Å²) in [5, 5.41) is 0. The van der Waals surface area contributed by atoms with Crippen LogP contribution in [0.1, 0.15) is 45.6 Å². The number of carbonyl (C=O) groups excluding carboxylic acids is 3. The number of ketones is 1. The third kappa shape index (κ3) is 6.18. The summed E-state index contributed by atoms with van der Waals surface area (Å²) in [5.74, 6) is -3.91. The Kier molecular flexibility index (Phi) is 6.88. The van der Waals surface area contributed by atoms with Crippen LogP contribution < -0.4 is 0 Å². The zero-order chi connectivity index (χ0) is 17.6. The molecule has 0 bridgehead atoms. The van der Waals surface area contributed by atoms with Gasteiger partial charge in [0.2, 0.25) is 5.78 Å². The molecule has 1 atom stereocenters. The van der Waals surface area contributed by atoms with Crippen LogP contribution in [0.5, 0.6) is 0 Å². The molecule has 0 radical (unpaired) electrons. The zero-order valence-corrected chi connectivity index (χ0v) is 13.7. The monoisotopic (exact) mass is 324 g/mol. The second kappa shape index (κ2) is 8.41. The first-order valence-electron chi connectivity index (χ1n) is 7.40. The second-order valence-electron chi connectivity index (χ2n) is 5.67. The molecule has 0 heterocycles. The first-order chi connectivity index (χ1) is 10.7. The maximum atomic E-state index is 13.0. The Labute approximate surface area is 134 Å². The van der Waals surface area contributed by atoms with Crippen molar-refractivity contribution < 1.29 is 28.2 Å². The van der Waals surface area contributed by atoms with Gasteiger partial charge in [-0.25, -0.2) is 9.18 Å². The van der Waals surface area contributed by atoms with Crippen LogP contribution >= 0.6 is 0 Å². The minimum Gasteiger partial charge on any atom is -0.462 e. The average molecular weight is 324 g/mol. The van der Waals surface area contributed by atoms with Crippen molar-refractivity contribution in [3.63, 3.8) is 0 Å². The van der Waals surface area contributed by atoms with Crippen LogP contribution in [-0.2, 0) is 23.9 Å². The van der Waals surface area contributed by atoms with Crippen molar-refractivity contribution in [1.82, 2.24) is 0 Å². The molecule has 0 saturated carbocycles. The lowest BCUT2D eigenvalue weighted by molar-refractivity contribution is -0.158. The number of esters is 2. The number of hydrogen-bond donors (Lipinski definition) is 0. The van der Waals surface area contributed by atoms with Crippen molar-refractivity contribution >= 4 is 17.7 Å². The van der Waals surface area contributed by atoms with Crippen LogP contribution in [0.15, 0.2) is 24.3 Å². The molecule has 126 valence electrons. The summed E-state index contributed by atoms with van der Waals surface area (Å²) in [6.07, 6.45) is -1.19. The Morgan fingerprint density at radius 3 is 1.96 bits per heavy atom. The van der Waals surface area contributed by atoms with Crippen LogP contribution in [0.4, 0.5) is 4.39 Å². The highest BCUT2D eigenvalue weighted by Gasteiger charge is 2.29. The fraction of sp³-hybridized carbons (Fsp3) is 0.471. The Bertz CT molecular complexity index is 563. The first-order valence-corrected chi connectivity index (χ1v) is 7.40. The Balaban J connectivity index is 2.95. The zero-order valence-electron chi connectivity index (χ0n) is 13.7. The van der Waals surface area contributed by atoms with E-state index in [4.69, 9.17) is 9.47 Å². The highest BCUT2D eigenvalue weighted by Crippen LogP contribution is 2.23. The molecule has 0 aliphatic carbocycles. The van der Waals surface area contributed by atoms with E-state index in [1.807, 2.05) is 0 Å². The molecule has 0 aliphatic heterocycles. The van der Waals surface area contributed by atoms with Crippen molar-refractivity contribution in [2.45, 2.75) is 52.2 Å². The van der Waals surface area contributed by atoms with E-state index in [9.17, 15) is 18.8 Å². The molecule has 0 spiro atoms. The van der Waals surface area contributed by atoms with Crippen LogP contribution in [0.3, 0.4) is 0 Å². The molecule has 23 heavy (non-hydrogen) atoms.